The van der Waals surface area contributed by atoms with Crippen molar-refractivity contribution in [3.63, 3.8) is 0 Å². The van der Waals surface area contributed by atoms with Gasteiger partial charge < -0.3 is 30.3 Å². The maximum absolute atomic E-state index is 9.91. The zero-order chi connectivity index (χ0) is 18.9. The van der Waals surface area contributed by atoms with E-state index >= 15 is 0 Å². The van der Waals surface area contributed by atoms with Gasteiger partial charge in [-0.1, -0.05) is 23.4 Å². The number of aliphatic hydroxyl groups is 1. The number of benzene rings is 1. The quantitative estimate of drug-likeness (QED) is 0.240. The first-order valence-corrected chi connectivity index (χ1v) is 8.67. The molecular formula is C18H24N2O6. The lowest BCUT2D eigenvalue weighted by atomic mass is 10.2. The van der Waals surface area contributed by atoms with Crippen LogP contribution in [0.5, 0.6) is 0 Å². The number of quaternary nitrogens is 1. The van der Waals surface area contributed by atoms with Crippen LogP contribution in [-0.2, 0) is 14.4 Å². The van der Waals surface area contributed by atoms with Crippen molar-refractivity contribution in [1.82, 2.24) is 0 Å². The molecule has 0 aliphatic heterocycles. The molecule has 8 nitrogen and oxygen atoms in total. The first-order valence-electron chi connectivity index (χ1n) is 8.67. The molecule has 142 valence electrons. The van der Waals surface area contributed by atoms with Gasteiger partial charge in [-0.25, -0.2) is 4.79 Å². The Morgan fingerprint density at radius 3 is 2.19 bits per heavy atom. The predicted octanol–water partition coefficient (Wildman–Crippen LogP) is -0.744. The molecule has 1 unspecified atom stereocenters. The molecule has 2 aliphatic rings. The molecule has 0 spiro atoms. The molecule has 0 amide bonds. The molecule has 0 bridgehead atoms. The van der Waals surface area contributed by atoms with Crippen molar-refractivity contribution in [3.8, 4) is 0 Å². The number of para-hydroxylation sites is 1. The van der Waals surface area contributed by atoms with E-state index in [0.29, 0.717) is 18.4 Å². The van der Waals surface area contributed by atoms with E-state index in [0.717, 1.165) is 5.69 Å². The summed E-state index contributed by atoms with van der Waals surface area (Å²) in [6.07, 6.45) is 4.58. The number of nitrogens with zero attached hydrogens (tertiary/aromatic N) is 1. The highest BCUT2D eigenvalue weighted by molar-refractivity contribution is 6.26. The van der Waals surface area contributed by atoms with Crippen LogP contribution in [0.1, 0.15) is 25.7 Å². The van der Waals surface area contributed by atoms with E-state index in [9.17, 15) is 5.11 Å². The number of carboxylic acids is 2. The molecule has 0 saturated heterocycles. The first-order chi connectivity index (χ1) is 12.5. The van der Waals surface area contributed by atoms with Gasteiger partial charge in [-0.3, -0.25) is 0 Å². The number of oxime groups is 1. The van der Waals surface area contributed by atoms with Crippen molar-refractivity contribution >= 4 is 23.3 Å². The minimum atomic E-state index is -2.07. The zero-order valence-corrected chi connectivity index (χ0v) is 14.4. The Morgan fingerprint density at radius 2 is 1.73 bits per heavy atom. The van der Waals surface area contributed by atoms with Crippen molar-refractivity contribution in [2.75, 3.05) is 13.2 Å². The maximum Gasteiger partial charge on any atom is 0.351 e. The number of aliphatic hydroxyl groups excluding tert-OH is 1. The normalized spacial score (nSPS) is 16.7. The van der Waals surface area contributed by atoms with Crippen LogP contribution in [0.4, 0.5) is 5.69 Å². The Morgan fingerprint density at radius 1 is 1.19 bits per heavy atom. The second-order valence-electron chi connectivity index (χ2n) is 6.46. The van der Waals surface area contributed by atoms with Gasteiger partial charge in [0.2, 0.25) is 0 Å². The number of hydrogen-bond acceptors (Lipinski definition) is 6. The minimum Gasteiger partial charge on any atom is -0.539 e. The van der Waals surface area contributed by atoms with Crippen molar-refractivity contribution in [1.29, 1.82) is 0 Å². The molecule has 4 N–H and O–H groups in total. The molecule has 1 aromatic rings. The van der Waals surface area contributed by atoms with Crippen LogP contribution in [0.2, 0.25) is 0 Å². The van der Waals surface area contributed by atoms with Gasteiger partial charge in [-0.05, 0) is 37.8 Å². The van der Waals surface area contributed by atoms with Gasteiger partial charge in [0, 0.05) is 11.8 Å². The number of carbonyl (C=O) groups is 2. The number of rotatable bonds is 8. The van der Waals surface area contributed by atoms with E-state index < -0.39 is 18.0 Å². The maximum atomic E-state index is 9.91. The van der Waals surface area contributed by atoms with Crippen molar-refractivity contribution in [3.05, 3.63) is 30.3 Å². The summed E-state index contributed by atoms with van der Waals surface area (Å²) in [4.78, 5) is 23.4. The van der Waals surface area contributed by atoms with Crippen molar-refractivity contribution in [2.24, 2.45) is 17.0 Å². The highest BCUT2D eigenvalue weighted by Crippen LogP contribution is 2.42. The summed E-state index contributed by atoms with van der Waals surface area (Å²) in [5, 5.41) is 32.5. The third-order valence-corrected chi connectivity index (χ3v) is 4.03. The molecule has 26 heavy (non-hydrogen) atoms. The Kier molecular flexibility index (Phi) is 7.55. The third kappa shape index (κ3) is 7.62. The van der Waals surface area contributed by atoms with Gasteiger partial charge in [-0.15, -0.1) is 0 Å². The summed E-state index contributed by atoms with van der Waals surface area (Å²) in [6.45, 7) is 0.883. The smallest absolute Gasteiger partial charge is 0.351 e. The van der Waals surface area contributed by atoms with Gasteiger partial charge in [0.25, 0.3) is 0 Å². The van der Waals surface area contributed by atoms with Crippen LogP contribution >= 0.6 is 0 Å². The Labute approximate surface area is 151 Å². The standard InChI is InChI=1S/C16H22N2O2.C2H2O4/c19-15(10-17-14-4-2-1-3-5-14)11-20-18-16(12-6-7-12)13-8-9-13;3-1(4)2(5)6/h1-5,12-13,15,17,19H,6-11H2;(H,3,4)(H,5,6). The molecule has 2 saturated carbocycles. The van der Waals surface area contributed by atoms with Gasteiger partial charge >= 0.3 is 5.97 Å². The number of nitrogens with two attached hydrogens (primary N) is 1. The lowest BCUT2D eigenvalue weighted by molar-refractivity contribution is -0.580. The molecule has 0 radical (unpaired) electrons. The van der Waals surface area contributed by atoms with Crippen LogP contribution < -0.4 is 10.4 Å². The van der Waals surface area contributed by atoms with Gasteiger partial charge in [0.15, 0.2) is 5.97 Å². The molecule has 0 aromatic heterocycles. The number of aliphatic carboxylic acids is 2. The Hall–Kier alpha value is -2.45. The first kappa shape index (κ1) is 19.9. The van der Waals surface area contributed by atoms with E-state index in [4.69, 9.17) is 24.6 Å². The van der Waals surface area contributed by atoms with E-state index in [-0.39, 0.29) is 6.61 Å². The molecular weight excluding hydrogens is 340 g/mol. The summed E-state index contributed by atoms with van der Waals surface area (Å²) in [5.74, 6) is -2.66. The van der Waals surface area contributed by atoms with Crippen LogP contribution in [0, 0.1) is 11.8 Å². The third-order valence-electron chi connectivity index (χ3n) is 4.03. The lowest BCUT2D eigenvalue weighted by Crippen LogP contribution is -2.80. The number of hydrogen-bond donors (Lipinski definition) is 3. The largest absolute Gasteiger partial charge is 0.539 e. The molecule has 2 aliphatic carbocycles. The second-order valence-corrected chi connectivity index (χ2v) is 6.46. The van der Waals surface area contributed by atoms with Gasteiger partial charge in [0.05, 0.1) is 5.71 Å². The SMILES string of the molecule is O=C([O-])C(=O)O.OC(C[NH2+]c1ccccc1)CON=C(C1CC1)C1CC1. The fraction of sp³-hybridized carbons (Fsp3) is 0.500. The summed E-state index contributed by atoms with van der Waals surface area (Å²) in [6, 6.07) is 10.0. The fourth-order valence-corrected chi connectivity index (χ4v) is 2.37. The molecule has 1 aromatic carbocycles. The zero-order valence-electron chi connectivity index (χ0n) is 14.4. The van der Waals surface area contributed by atoms with Crippen molar-refractivity contribution < 1.29 is 35.1 Å². The predicted molar refractivity (Wildman–Crippen MR) is 90.4 cm³/mol. The highest BCUT2D eigenvalue weighted by atomic mass is 16.6. The Bertz CT molecular complexity index is 600. The summed E-state index contributed by atoms with van der Waals surface area (Å²) < 4.78 is 0. The molecule has 2 fully saturated rings. The van der Waals surface area contributed by atoms with Gasteiger partial charge in [0.1, 0.15) is 24.9 Å². The van der Waals surface area contributed by atoms with Crippen LogP contribution in [0.15, 0.2) is 35.5 Å². The van der Waals surface area contributed by atoms with Crippen molar-refractivity contribution in [2.45, 2.75) is 31.8 Å². The second kappa shape index (κ2) is 9.88. The topological polar surface area (TPSA) is 136 Å². The van der Waals surface area contributed by atoms with E-state index in [2.05, 4.69) is 5.16 Å². The van der Waals surface area contributed by atoms with E-state index in [1.54, 1.807) is 0 Å². The summed E-state index contributed by atoms with van der Waals surface area (Å²) >= 11 is 0. The number of carbonyl (C=O) groups excluding carboxylic acids is 1. The van der Waals surface area contributed by atoms with Crippen LogP contribution in [0.3, 0.4) is 0 Å². The number of carboxylic acid groups (broad SMARTS) is 2. The average Bonchev–Trinajstić information content (AvgIpc) is 3.52. The summed E-state index contributed by atoms with van der Waals surface area (Å²) in [7, 11) is 0. The average molecular weight is 364 g/mol. The van der Waals surface area contributed by atoms with Crippen LogP contribution in [-0.4, -0.2) is 47.1 Å². The highest BCUT2D eigenvalue weighted by Gasteiger charge is 2.38. The molecule has 3 rings (SSSR count). The van der Waals surface area contributed by atoms with E-state index in [1.165, 1.54) is 31.4 Å². The lowest BCUT2D eigenvalue weighted by Gasteiger charge is -2.09. The monoisotopic (exact) mass is 364 g/mol. The molecule has 0 heterocycles. The van der Waals surface area contributed by atoms with Crippen LogP contribution in [0.25, 0.3) is 0 Å². The molecule has 1 atom stereocenters. The Balaban J connectivity index is 0.000000352. The van der Waals surface area contributed by atoms with Gasteiger partial charge in [-0.2, -0.15) is 0 Å². The minimum absolute atomic E-state index is 0.284. The molecule has 8 heteroatoms. The van der Waals surface area contributed by atoms with E-state index in [1.807, 2.05) is 35.6 Å². The fourth-order valence-electron chi connectivity index (χ4n) is 2.37. The summed E-state index contributed by atoms with van der Waals surface area (Å²) in [5.41, 5.74) is 2.39.